The Bertz CT molecular complexity index is 485. The summed E-state index contributed by atoms with van der Waals surface area (Å²) in [7, 11) is 0. The number of aldehydes is 1. The first kappa shape index (κ1) is 9.80. The summed E-state index contributed by atoms with van der Waals surface area (Å²) in [6, 6.07) is 7.08. The Morgan fingerprint density at radius 3 is 2.80 bits per heavy atom. The molecule has 0 bridgehead atoms. The van der Waals surface area contributed by atoms with Crippen LogP contribution in [-0.2, 0) is 0 Å². The molecule has 0 saturated heterocycles. The third kappa shape index (κ3) is 2.02. The maximum absolute atomic E-state index is 10.8. The van der Waals surface area contributed by atoms with Crippen molar-refractivity contribution in [2.45, 2.75) is 0 Å². The smallest absolute Gasteiger partial charge is 0.169 e. The van der Waals surface area contributed by atoms with Crippen molar-refractivity contribution in [1.29, 1.82) is 0 Å². The van der Waals surface area contributed by atoms with Gasteiger partial charge in [0.2, 0.25) is 0 Å². The number of halogens is 1. The molecule has 0 aliphatic heterocycles. The largest absolute Gasteiger partial charge is 0.296 e. The van der Waals surface area contributed by atoms with Crippen molar-refractivity contribution >= 4 is 17.9 Å². The van der Waals surface area contributed by atoms with Crippen LogP contribution in [0.25, 0.3) is 11.1 Å². The van der Waals surface area contributed by atoms with Gasteiger partial charge < -0.3 is 0 Å². The molecule has 0 saturated carbocycles. The average molecular weight is 219 g/mol. The summed E-state index contributed by atoms with van der Waals surface area (Å²) in [5, 5.41) is 0.310. The predicted octanol–water partition coefficient (Wildman–Crippen LogP) is 2.61. The molecule has 0 radical (unpaired) electrons. The van der Waals surface area contributed by atoms with Crippen molar-refractivity contribution in [2.24, 2.45) is 0 Å². The van der Waals surface area contributed by atoms with Gasteiger partial charge in [-0.1, -0.05) is 17.7 Å². The predicted molar refractivity (Wildman–Crippen MR) is 57.9 cm³/mol. The molecule has 0 aliphatic rings. The molecule has 74 valence electrons. The van der Waals surface area contributed by atoms with E-state index >= 15 is 0 Å². The van der Waals surface area contributed by atoms with E-state index in [1.165, 1.54) is 0 Å². The van der Waals surface area contributed by atoms with Gasteiger partial charge >= 0.3 is 0 Å². The van der Waals surface area contributed by atoms with Crippen LogP contribution in [0.3, 0.4) is 0 Å². The highest BCUT2D eigenvalue weighted by atomic mass is 35.5. The molecule has 0 atom stereocenters. The molecule has 2 aromatic heterocycles. The molecule has 0 unspecified atom stereocenters. The van der Waals surface area contributed by atoms with Gasteiger partial charge in [-0.05, 0) is 18.2 Å². The minimum atomic E-state index is 0.310. The number of hydrogen-bond donors (Lipinski definition) is 0. The third-order valence-corrected chi connectivity index (χ3v) is 2.19. The summed E-state index contributed by atoms with van der Waals surface area (Å²) in [4.78, 5) is 18.7. The highest BCUT2D eigenvalue weighted by molar-refractivity contribution is 6.29. The molecule has 15 heavy (non-hydrogen) atoms. The van der Waals surface area contributed by atoms with Gasteiger partial charge in [-0.3, -0.25) is 9.78 Å². The topological polar surface area (TPSA) is 42.9 Å². The van der Waals surface area contributed by atoms with Crippen molar-refractivity contribution in [3.05, 3.63) is 47.5 Å². The fourth-order valence-corrected chi connectivity index (χ4v) is 1.46. The molecular weight excluding hydrogens is 212 g/mol. The van der Waals surface area contributed by atoms with Gasteiger partial charge in [-0.2, -0.15) is 0 Å². The second-order valence-corrected chi connectivity index (χ2v) is 3.31. The van der Waals surface area contributed by atoms with Crippen molar-refractivity contribution in [3.8, 4) is 11.1 Å². The Hall–Kier alpha value is -1.74. The van der Waals surface area contributed by atoms with Crippen LogP contribution in [0.1, 0.15) is 10.5 Å². The first-order valence-electron chi connectivity index (χ1n) is 4.33. The SMILES string of the molecule is O=Cc1nc(Cl)ccc1-c1cccnc1. The highest BCUT2D eigenvalue weighted by Crippen LogP contribution is 2.21. The van der Waals surface area contributed by atoms with E-state index in [0.29, 0.717) is 17.1 Å². The minimum Gasteiger partial charge on any atom is -0.296 e. The summed E-state index contributed by atoms with van der Waals surface area (Å²) in [6.07, 6.45) is 4.04. The summed E-state index contributed by atoms with van der Waals surface area (Å²) in [5.74, 6) is 0. The Morgan fingerprint density at radius 1 is 1.27 bits per heavy atom. The van der Waals surface area contributed by atoms with E-state index in [-0.39, 0.29) is 0 Å². The van der Waals surface area contributed by atoms with Gasteiger partial charge in [0.05, 0.1) is 0 Å². The second kappa shape index (κ2) is 4.19. The molecule has 2 heterocycles. The van der Waals surface area contributed by atoms with Crippen LogP contribution in [0.5, 0.6) is 0 Å². The van der Waals surface area contributed by atoms with Gasteiger partial charge in [0.15, 0.2) is 6.29 Å². The van der Waals surface area contributed by atoms with E-state index in [0.717, 1.165) is 11.1 Å². The highest BCUT2D eigenvalue weighted by Gasteiger charge is 2.06. The van der Waals surface area contributed by atoms with Crippen LogP contribution >= 0.6 is 11.6 Å². The first-order chi connectivity index (χ1) is 7.31. The number of rotatable bonds is 2. The summed E-state index contributed by atoms with van der Waals surface area (Å²) < 4.78 is 0. The maximum Gasteiger partial charge on any atom is 0.169 e. The van der Waals surface area contributed by atoms with Gasteiger partial charge in [0, 0.05) is 23.5 Å². The van der Waals surface area contributed by atoms with Crippen LogP contribution in [-0.4, -0.2) is 16.3 Å². The van der Waals surface area contributed by atoms with Crippen LogP contribution in [0.4, 0.5) is 0 Å². The van der Waals surface area contributed by atoms with Crippen molar-refractivity contribution in [2.75, 3.05) is 0 Å². The quantitative estimate of drug-likeness (QED) is 0.575. The molecule has 4 heteroatoms. The molecule has 0 fully saturated rings. The minimum absolute atomic E-state index is 0.310. The van der Waals surface area contributed by atoms with Crippen LogP contribution < -0.4 is 0 Å². The first-order valence-corrected chi connectivity index (χ1v) is 4.71. The van der Waals surface area contributed by atoms with Crippen molar-refractivity contribution in [1.82, 2.24) is 9.97 Å². The van der Waals surface area contributed by atoms with Gasteiger partial charge in [-0.15, -0.1) is 0 Å². The molecule has 0 aromatic carbocycles. The molecule has 2 aromatic rings. The molecular formula is C11H7ClN2O. The van der Waals surface area contributed by atoms with Crippen LogP contribution in [0.15, 0.2) is 36.7 Å². The lowest BCUT2D eigenvalue weighted by atomic mass is 10.1. The fraction of sp³-hybridized carbons (Fsp3) is 0. The van der Waals surface area contributed by atoms with Crippen molar-refractivity contribution < 1.29 is 4.79 Å². The second-order valence-electron chi connectivity index (χ2n) is 2.93. The zero-order valence-electron chi connectivity index (χ0n) is 7.72. The number of nitrogens with zero attached hydrogens (tertiary/aromatic N) is 2. The summed E-state index contributed by atoms with van der Waals surface area (Å²) in [5.41, 5.74) is 1.92. The maximum atomic E-state index is 10.8. The van der Waals surface area contributed by atoms with Crippen LogP contribution in [0.2, 0.25) is 5.15 Å². The van der Waals surface area contributed by atoms with Crippen LogP contribution in [0, 0.1) is 0 Å². The van der Waals surface area contributed by atoms with Gasteiger partial charge in [0.1, 0.15) is 10.8 Å². The Morgan fingerprint density at radius 2 is 2.13 bits per heavy atom. The standard InChI is InChI=1S/C11H7ClN2O/c12-11-4-3-9(10(7-15)14-11)8-2-1-5-13-6-8/h1-7H. The lowest BCUT2D eigenvalue weighted by Gasteiger charge is -2.03. The summed E-state index contributed by atoms with van der Waals surface area (Å²) in [6.45, 7) is 0. The van der Waals surface area contributed by atoms with Gasteiger partial charge in [0.25, 0.3) is 0 Å². The number of carbonyl (C=O) groups excluding carboxylic acids is 1. The number of aromatic nitrogens is 2. The molecule has 0 spiro atoms. The van der Waals surface area contributed by atoms with Gasteiger partial charge in [-0.25, -0.2) is 4.98 Å². The lowest BCUT2D eigenvalue weighted by Crippen LogP contribution is -1.92. The number of pyridine rings is 2. The Labute approximate surface area is 91.8 Å². The zero-order valence-corrected chi connectivity index (χ0v) is 8.48. The summed E-state index contributed by atoms with van der Waals surface area (Å²) >= 11 is 5.70. The van der Waals surface area contributed by atoms with Crippen molar-refractivity contribution in [3.63, 3.8) is 0 Å². The average Bonchev–Trinajstić information content (AvgIpc) is 2.30. The molecule has 3 nitrogen and oxygen atoms in total. The zero-order chi connectivity index (χ0) is 10.7. The normalized spacial score (nSPS) is 9.93. The van der Waals surface area contributed by atoms with E-state index in [1.807, 2.05) is 6.07 Å². The number of hydrogen-bond acceptors (Lipinski definition) is 3. The Balaban J connectivity index is 2.58. The van der Waals surface area contributed by atoms with E-state index in [4.69, 9.17) is 11.6 Å². The lowest BCUT2D eigenvalue weighted by molar-refractivity contribution is 0.111. The van der Waals surface area contributed by atoms with E-state index in [2.05, 4.69) is 9.97 Å². The number of carbonyl (C=O) groups is 1. The molecule has 2 rings (SSSR count). The Kier molecular flexibility index (Phi) is 2.74. The monoisotopic (exact) mass is 218 g/mol. The third-order valence-electron chi connectivity index (χ3n) is 1.97. The molecule has 0 N–H and O–H groups in total. The fourth-order valence-electron chi connectivity index (χ4n) is 1.31. The molecule has 0 aliphatic carbocycles. The molecule has 0 amide bonds. The van der Waals surface area contributed by atoms with E-state index < -0.39 is 0 Å². The van der Waals surface area contributed by atoms with E-state index in [1.54, 1.807) is 30.6 Å². The van der Waals surface area contributed by atoms with E-state index in [9.17, 15) is 4.79 Å².